The summed E-state index contributed by atoms with van der Waals surface area (Å²) in [6, 6.07) is 6.09. The number of fused-ring (bicyclic) bond motifs is 1. The van der Waals surface area contributed by atoms with Gasteiger partial charge < -0.3 is 10.6 Å². The minimum atomic E-state index is 0.0464. The quantitative estimate of drug-likeness (QED) is 0.921. The van der Waals surface area contributed by atoms with Gasteiger partial charge in [-0.2, -0.15) is 0 Å². The van der Waals surface area contributed by atoms with E-state index in [2.05, 4.69) is 59.7 Å². The van der Waals surface area contributed by atoms with Crippen LogP contribution < -0.4 is 10.6 Å². The lowest BCUT2D eigenvalue weighted by Crippen LogP contribution is -2.41. The summed E-state index contributed by atoms with van der Waals surface area (Å²) in [6.45, 7) is 6.62. The van der Waals surface area contributed by atoms with Gasteiger partial charge in [-0.3, -0.25) is 4.98 Å². The predicted molar refractivity (Wildman–Crippen MR) is 86.6 cm³/mol. The van der Waals surface area contributed by atoms with Gasteiger partial charge in [0.05, 0.1) is 23.1 Å². The molecule has 0 fully saturated rings. The highest BCUT2D eigenvalue weighted by Crippen LogP contribution is 2.36. The Morgan fingerprint density at radius 2 is 2.05 bits per heavy atom. The van der Waals surface area contributed by atoms with Gasteiger partial charge in [0.25, 0.3) is 0 Å². The molecule has 2 aromatic rings. The number of aromatic nitrogens is 1. The molecule has 3 nitrogen and oxygen atoms in total. The Morgan fingerprint density at radius 1 is 1.37 bits per heavy atom. The monoisotopic (exact) mass is 321 g/mol. The summed E-state index contributed by atoms with van der Waals surface area (Å²) in [6.07, 6.45) is 2.79. The van der Waals surface area contributed by atoms with E-state index in [1.54, 1.807) is 6.20 Å². The van der Waals surface area contributed by atoms with Crippen molar-refractivity contribution in [2.24, 2.45) is 0 Å². The molecule has 0 radical (unpaired) electrons. The molecule has 0 bridgehead atoms. The lowest BCUT2D eigenvalue weighted by molar-refractivity contribution is 0.472. The van der Waals surface area contributed by atoms with Crippen LogP contribution >= 0.6 is 15.9 Å². The fourth-order valence-electron chi connectivity index (χ4n) is 2.08. The van der Waals surface area contributed by atoms with Crippen molar-refractivity contribution in [3.63, 3.8) is 0 Å². The van der Waals surface area contributed by atoms with Crippen LogP contribution in [0.4, 0.5) is 11.4 Å². The van der Waals surface area contributed by atoms with Gasteiger partial charge >= 0.3 is 0 Å². The van der Waals surface area contributed by atoms with Crippen molar-refractivity contribution in [3.05, 3.63) is 28.9 Å². The third-order valence-electron chi connectivity index (χ3n) is 3.94. The first-order valence-corrected chi connectivity index (χ1v) is 7.23. The van der Waals surface area contributed by atoms with Crippen LogP contribution in [0.3, 0.4) is 0 Å². The summed E-state index contributed by atoms with van der Waals surface area (Å²) in [5.41, 5.74) is 8.95. The molecular weight excluding hydrogens is 302 g/mol. The van der Waals surface area contributed by atoms with E-state index in [1.807, 2.05) is 12.1 Å². The largest absolute Gasteiger partial charge is 0.396 e. The van der Waals surface area contributed by atoms with Crippen molar-refractivity contribution in [1.82, 2.24) is 4.98 Å². The fraction of sp³-hybridized carbons (Fsp3) is 0.400. The molecule has 1 aromatic heterocycles. The highest BCUT2D eigenvalue weighted by atomic mass is 79.9. The zero-order valence-electron chi connectivity index (χ0n) is 11.9. The van der Waals surface area contributed by atoms with Gasteiger partial charge in [0.2, 0.25) is 0 Å². The first kappa shape index (κ1) is 14.1. The molecular formula is C15H20BrN3. The van der Waals surface area contributed by atoms with Crippen molar-refractivity contribution in [3.8, 4) is 0 Å². The molecule has 2 N–H and O–H groups in total. The highest BCUT2D eigenvalue weighted by Gasteiger charge is 2.24. The summed E-state index contributed by atoms with van der Waals surface area (Å²) in [7, 11) is 2.09. The minimum absolute atomic E-state index is 0.0464. The Balaban J connectivity index is 2.71. The number of benzene rings is 1. The van der Waals surface area contributed by atoms with Gasteiger partial charge in [0.15, 0.2) is 0 Å². The maximum Gasteiger partial charge on any atom is 0.0745 e. The second-order valence-electron chi connectivity index (χ2n) is 5.45. The Labute approximate surface area is 122 Å². The van der Waals surface area contributed by atoms with Crippen LogP contribution in [0.15, 0.2) is 28.9 Å². The van der Waals surface area contributed by atoms with E-state index in [0.29, 0.717) is 0 Å². The number of hydrogen-bond donors (Lipinski definition) is 1. The lowest BCUT2D eigenvalue weighted by atomic mass is 9.98. The van der Waals surface area contributed by atoms with E-state index in [1.165, 1.54) is 0 Å². The molecule has 0 spiro atoms. The Hall–Kier alpha value is -1.29. The van der Waals surface area contributed by atoms with Gasteiger partial charge in [0, 0.05) is 22.4 Å². The first-order valence-electron chi connectivity index (χ1n) is 6.44. The van der Waals surface area contributed by atoms with Gasteiger partial charge in [-0.25, -0.2) is 0 Å². The number of anilines is 2. The van der Waals surface area contributed by atoms with E-state index in [0.717, 1.165) is 33.2 Å². The van der Waals surface area contributed by atoms with E-state index in [-0.39, 0.29) is 5.54 Å². The molecule has 2 rings (SSSR count). The number of nitrogen functional groups attached to an aromatic ring is 1. The highest BCUT2D eigenvalue weighted by molar-refractivity contribution is 9.10. The van der Waals surface area contributed by atoms with Crippen molar-refractivity contribution < 1.29 is 0 Å². The van der Waals surface area contributed by atoms with E-state index in [9.17, 15) is 0 Å². The zero-order chi connectivity index (χ0) is 14.2. The molecule has 0 aliphatic carbocycles. The van der Waals surface area contributed by atoms with Crippen LogP contribution in [-0.2, 0) is 0 Å². The topological polar surface area (TPSA) is 42.1 Å². The van der Waals surface area contributed by atoms with E-state index < -0.39 is 0 Å². The summed E-state index contributed by atoms with van der Waals surface area (Å²) < 4.78 is 1.04. The number of pyridine rings is 1. The number of hydrogen-bond acceptors (Lipinski definition) is 3. The number of nitrogens with two attached hydrogens (primary N) is 1. The molecule has 102 valence electrons. The van der Waals surface area contributed by atoms with Gasteiger partial charge in [0.1, 0.15) is 0 Å². The minimum Gasteiger partial charge on any atom is -0.396 e. The molecule has 0 atom stereocenters. The molecule has 1 heterocycles. The van der Waals surface area contributed by atoms with Crippen LogP contribution in [0.25, 0.3) is 10.9 Å². The first-order chi connectivity index (χ1) is 8.86. The van der Waals surface area contributed by atoms with Crippen molar-refractivity contribution in [2.75, 3.05) is 17.7 Å². The Bertz CT molecular complexity index is 602. The molecule has 4 heteroatoms. The van der Waals surface area contributed by atoms with Crippen molar-refractivity contribution in [1.29, 1.82) is 0 Å². The van der Waals surface area contributed by atoms with Gasteiger partial charge in [-0.15, -0.1) is 0 Å². The van der Waals surface area contributed by atoms with Crippen LogP contribution in [0.5, 0.6) is 0 Å². The molecule has 0 unspecified atom stereocenters. The predicted octanol–water partition coefficient (Wildman–Crippen LogP) is 4.20. The smallest absolute Gasteiger partial charge is 0.0745 e. The number of halogens is 1. The lowest BCUT2D eigenvalue weighted by Gasteiger charge is -2.38. The third-order valence-corrected chi connectivity index (χ3v) is 4.43. The molecule has 19 heavy (non-hydrogen) atoms. The van der Waals surface area contributed by atoms with E-state index in [4.69, 9.17) is 5.73 Å². The normalized spacial score (nSPS) is 11.8. The Morgan fingerprint density at radius 3 is 2.68 bits per heavy atom. The Kier molecular flexibility index (Phi) is 3.72. The molecule has 0 saturated carbocycles. The van der Waals surface area contributed by atoms with Crippen LogP contribution in [0.2, 0.25) is 0 Å². The average molecular weight is 322 g/mol. The van der Waals surface area contributed by atoms with Gasteiger partial charge in [-0.05, 0) is 38.5 Å². The second-order valence-corrected chi connectivity index (χ2v) is 6.36. The summed E-state index contributed by atoms with van der Waals surface area (Å²) in [4.78, 5) is 6.65. The SMILES string of the molecule is CCC(C)(C)N(C)c1c(N)cnc2ccc(Br)cc12. The number of rotatable bonds is 3. The van der Waals surface area contributed by atoms with Crippen LogP contribution in [-0.4, -0.2) is 17.6 Å². The number of nitrogens with zero attached hydrogens (tertiary/aromatic N) is 2. The summed E-state index contributed by atoms with van der Waals surface area (Å²) in [5, 5.41) is 1.08. The van der Waals surface area contributed by atoms with E-state index >= 15 is 0 Å². The van der Waals surface area contributed by atoms with Crippen molar-refractivity contribution in [2.45, 2.75) is 32.7 Å². The van der Waals surface area contributed by atoms with Crippen LogP contribution in [0.1, 0.15) is 27.2 Å². The van der Waals surface area contributed by atoms with Crippen LogP contribution in [0, 0.1) is 0 Å². The second kappa shape index (κ2) is 5.00. The summed E-state index contributed by atoms with van der Waals surface area (Å²) >= 11 is 3.52. The molecule has 0 aliphatic rings. The molecule has 1 aromatic carbocycles. The molecule has 0 amide bonds. The fourth-order valence-corrected chi connectivity index (χ4v) is 2.44. The average Bonchev–Trinajstić information content (AvgIpc) is 2.37. The van der Waals surface area contributed by atoms with Crippen molar-refractivity contribution >= 4 is 38.2 Å². The summed E-state index contributed by atoms with van der Waals surface area (Å²) in [5.74, 6) is 0. The maximum absolute atomic E-state index is 6.17. The zero-order valence-corrected chi connectivity index (χ0v) is 13.5. The van der Waals surface area contributed by atoms with Gasteiger partial charge in [-0.1, -0.05) is 22.9 Å². The maximum atomic E-state index is 6.17. The molecule has 0 saturated heterocycles. The third kappa shape index (κ3) is 2.54. The standard InChI is InChI=1S/C15H20BrN3/c1-5-15(2,3)19(4)14-11-8-10(16)6-7-13(11)18-9-12(14)17/h6-9H,5,17H2,1-4H3. The molecule has 0 aliphatic heterocycles.